The van der Waals surface area contributed by atoms with E-state index in [0.717, 1.165) is 61.3 Å². The van der Waals surface area contributed by atoms with Crippen LogP contribution in [-0.4, -0.2) is 58.0 Å². The Morgan fingerprint density at radius 3 is 2.27 bits per heavy atom. The number of ether oxygens (including phenoxy) is 1. The van der Waals surface area contributed by atoms with Crippen LogP contribution in [0.15, 0.2) is 29.1 Å². The lowest BCUT2D eigenvalue weighted by Crippen LogP contribution is -2.50. The van der Waals surface area contributed by atoms with Crippen molar-refractivity contribution in [3.63, 3.8) is 0 Å². The lowest BCUT2D eigenvalue weighted by atomic mass is 10.1. The summed E-state index contributed by atoms with van der Waals surface area (Å²) in [7, 11) is 3.67. The smallest absolute Gasteiger partial charge is 0.350 e. The minimum atomic E-state index is -0.235. The van der Waals surface area contributed by atoms with Crippen molar-refractivity contribution in [3.8, 4) is 0 Å². The van der Waals surface area contributed by atoms with Gasteiger partial charge in [0.15, 0.2) is 5.82 Å². The number of anilines is 1. The second kappa shape index (κ2) is 15.7. The molecule has 2 aliphatic rings. The summed E-state index contributed by atoms with van der Waals surface area (Å²) in [6.45, 7) is 14.9. The predicted octanol–water partition coefficient (Wildman–Crippen LogP) is 4.89. The Bertz CT molecular complexity index is 1130. The van der Waals surface area contributed by atoms with E-state index in [-0.39, 0.29) is 5.69 Å². The molecule has 1 atom stereocenters. The van der Waals surface area contributed by atoms with Gasteiger partial charge in [-0.1, -0.05) is 50.9 Å². The van der Waals surface area contributed by atoms with Gasteiger partial charge < -0.3 is 19.5 Å². The van der Waals surface area contributed by atoms with Gasteiger partial charge in [0.05, 0.1) is 0 Å². The molecule has 1 aromatic carbocycles. The average Bonchev–Trinajstić information content (AvgIpc) is 3.58. The number of imidazole rings is 1. The van der Waals surface area contributed by atoms with Crippen LogP contribution in [0, 0.1) is 6.92 Å². The van der Waals surface area contributed by atoms with E-state index in [0.29, 0.717) is 11.9 Å². The molecular formula is C28H45ClN6O2. The Kier molecular flexibility index (Phi) is 13.1. The van der Waals surface area contributed by atoms with Crippen molar-refractivity contribution in [2.45, 2.75) is 66.3 Å². The van der Waals surface area contributed by atoms with Crippen LogP contribution in [0.5, 0.6) is 0 Å². The molecule has 0 bridgehead atoms. The summed E-state index contributed by atoms with van der Waals surface area (Å²) < 4.78 is 8.44. The molecule has 2 fully saturated rings. The van der Waals surface area contributed by atoms with E-state index < -0.39 is 0 Å². The van der Waals surface area contributed by atoms with E-state index >= 15 is 0 Å². The molecule has 0 radical (unpaired) electrons. The fourth-order valence-corrected chi connectivity index (χ4v) is 4.37. The Labute approximate surface area is 227 Å². The van der Waals surface area contributed by atoms with Gasteiger partial charge in [-0.3, -0.25) is 4.57 Å². The normalized spacial score (nSPS) is 16.8. The van der Waals surface area contributed by atoms with Crippen LogP contribution < -0.4 is 15.9 Å². The maximum absolute atomic E-state index is 12.1. The number of halogens is 1. The van der Waals surface area contributed by atoms with Crippen LogP contribution in [0.4, 0.5) is 5.82 Å². The van der Waals surface area contributed by atoms with Gasteiger partial charge in [-0.25, -0.2) is 9.78 Å². The summed E-state index contributed by atoms with van der Waals surface area (Å²) in [6, 6.07) is 8.32. The molecule has 1 unspecified atom stereocenters. The Hall–Kier alpha value is -2.42. The first-order chi connectivity index (χ1) is 17.8. The summed E-state index contributed by atoms with van der Waals surface area (Å²) in [4.78, 5) is 23.2. The molecule has 4 heterocycles. The Morgan fingerprint density at radius 1 is 1.08 bits per heavy atom. The van der Waals surface area contributed by atoms with Crippen molar-refractivity contribution < 1.29 is 4.74 Å². The average molecular weight is 533 g/mol. The Morgan fingerprint density at radius 2 is 1.73 bits per heavy atom. The van der Waals surface area contributed by atoms with E-state index in [1.54, 1.807) is 11.6 Å². The molecule has 0 amide bonds. The van der Waals surface area contributed by atoms with Crippen LogP contribution in [0.25, 0.3) is 11.2 Å². The molecule has 2 aromatic heterocycles. The highest BCUT2D eigenvalue weighted by molar-refractivity contribution is 6.30. The van der Waals surface area contributed by atoms with Crippen LogP contribution in [0.1, 0.15) is 58.3 Å². The van der Waals surface area contributed by atoms with Gasteiger partial charge in [-0.2, -0.15) is 4.98 Å². The molecule has 0 saturated carbocycles. The number of benzene rings is 1. The SMILES string of the molecule is C1CCOC1.CC.CCCc1ccc(Cl)cc1.Cc1nc2c(N3CCNCC3C)nc(=O)n(C)c2n1C. The molecule has 3 aromatic rings. The predicted molar refractivity (Wildman–Crippen MR) is 155 cm³/mol. The molecule has 5 rings (SSSR count). The number of rotatable bonds is 3. The highest BCUT2D eigenvalue weighted by atomic mass is 35.5. The molecular weight excluding hydrogens is 488 g/mol. The maximum atomic E-state index is 12.1. The topological polar surface area (TPSA) is 77.2 Å². The molecule has 2 saturated heterocycles. The lowest BCUT2D eigenvalue weighted by molar-refractivity contribution is 0.198. The standard InChI is InChI=1S/C13H20N6O.C9H11Cl.C4H8O.C2H6/c1-8-7-14-5-6-19(8)11-10-12(17(3)9(2)15-10)18(4)13(20)16-11;1-2-3-8-4-6-9(10)7-5-8;1-2-4-5-3-1;1-2/h8,14H,5-7H2,1-4H3;4-7H,2-3H2,1H3;1-4H2;1-2H3. The number of hydrogen-bond acceptors (Lipinski definition) is 6. The zero-order chi connectivity index (χ0) is 27.4. The molecule has 206 valence electrons. The molecule has 1 N–H and O–H groups in total. The Balaban J connectivity index is 0.000000234. The van der Waals surface area contributed by atoms with Gasteiger partial charge >= 0.3 is 5.69 Å². The van der Waals surface area contributed by atoms with E-state index in [4.69, 9.17) is 16.3 Å². The van der Waals surface area contributed by atoms with E-state index in [1.165, 1.54) is 24.8 Å². The van der Waals surface area contributed by atoms with Crippen molar-refractivity contribution >= 4 is 28.6 Å². The second-order valence-electron chi connectivity index (χ2n) is 9.11. The number of fused-ring (bicyclic) bond motifs is 1. The van der Waals surface area contributed by atoms with Crippen molar-refractivity contribution in [1.82, 2.24) is 24.4 Å². The zero-order valence-electron chi connectivity index (χ0n) is 23.7. The minimum absolute atomic E-state index is 0.235. The summed E-state index contributed by atoms with van der Waals surface area (Å²) >= 11 is 5.71. The molecule has 0 spiro atoms. The quantitative estimate of drug-likeness (QED) is 0.517. The molecule has 9 heteroatoms. The van der Waals surface area contributed by atoms with Crippen LogP contribution >= 0.6 is 11.6 Å². The maximum Gasteiger partial charge on any atom is 0.350 e. The molecule has 37 heavy (non-hydrogen) atoms. The van der Waals surface area contributed by atoms with E-state index in [1.807, 2.05) is 44.5 Å². The van der Waals surface area contributed by atoms with Gasteiger partial charge in [-0.15, -0.1) is 0 Å². The molecule has 2 aliphatic heterocycles. The number of aryl methyl sites for hydroxylation is 4. The van der Waals surface area contributed by atoms with Gasteiger partial charge in [0.2, 0.25) is 0 Å². The first-order valence-electron chi connectivity index (χ1n) is 13.5. The monoisotopic (exact) mass is 532 g/mol. The van der Waals surface area contributed by atoms with Crippen molar-refractivity contribution in [2.24, 2.45) is 14.1 Å². The van der Waals surface area contributed by atoms with Gasteiger partial charge in [0.1, 0.15) is 17.0 Å². The summed E-state index contributed by atoms with van der Waals surface area (Å²) in [5, 5.41) is 4.17. The van der Waals surface area contributed by atoms with Gasteiger partial charge in [0.25, 0.3) is 0 Å². The van der Waals surface area contributed by atoms with Crippen LogP contribution in [0.3, 0.4) is 0 Å². The number of nitrogens with zero attached hydrogens (tertiary/aromatic N) is 5. The fourth-order valence-electron chi connectivity index (χ4n) is 4.25. The lowest BCUT2D eigenvalue weighted by Gasteiger charge is -2.34. The summed E-state index contributed by atoms with van der Waals surface area (Å²) in [5.41, 5.74) is 2.76. The third kappa shape index (κ3) is 8.55. The van der Waals surface area contributed by atoms with Crippen LogP contribution in [0.2, 0.25) is 5.02 Å². The second-order valence-corrected chi connectivity index (χ2v) is 9.55. The largest absolute Gasteiger partial charge is 0.381 e. The molecule has 0 aliphatic carbocycles. The van der Waals surface area contributed by atoms with Crippen molar-refractivity contribution in [1.29, 1.82) is 0 Å². The number of piperazine rings is 1. The first kappa shape index (κ1) is 30.8. The summed E-state index contributed by atoms with van der Waals surface area (Å²) in [6.07, 6.45) is 4.90. The zero-order valence-corrected chi connectivity index (χ0v) is 24.4. The number of aromatic nitrogens is 4. The first-order valence-corrected chi connectivity index (χ1v) is 13.9. The van der Waals surface area contributed by atoms with Gasteiger partial charge in [-0.05, 0) is 50.8 Å². The van der Waals surface area contributed by atoms with Crippen molar-refractivity contribution in [3.05, 3.63) is 51.2 Å². The number of hydrogen-bond donors (Lipinski definition) is 1. The highest BCUT2D eigenvalue weighted by Gasteiger charge is 2.25. The van der Waals surface area contributed by atoms with Crippen LogP contribution in [-0.2, 0) is 25.3 Å². The minimum Gasteiger partial charge on any atom is -0.381 e. The van der Waals surface area contributed by atoms with E-state index in [2.05, 4.69) is 46.2 Å². The fraction of sp³-hybridized carbons (Fsp3) is 0.607. The highest BCUT2D eigenvalue weighted by Crippen LogP contribution is 2.24. The third-order valence-corrected chi connectivity index (χ3v) is 6.61. The number of nitrogens with one attached hydrogen (secondary N) is 1. The summed E-state index contributed by atoms with van der Waals surface area (Å²) in [5.74, 6) is 1.59. The van der Waals surface area contributed by atoms with Gasteiger partial charge in [0, 0.05) is 58.0 Å². The molecule has 8 nitrogen and oxygen atoms in total. The third-order valence-electron chi connectivity index (χ3n) is 6.36. The van der Waals surface area contributed by atoms with E-state index in [9.17, 15) is 4.79 Å². The van der Waals surface area contributed by atoms with Crippen molar-refractivity contribution in [2.75, 3.05) is 37.7 Å².